The van der Waals surface area contributed by atoms with Crippen LogP contribution in [0.4, 0.5) is 0 Å². The van der Waals surface area contributed by atoms with E-state index in [0.29, 0.717) is 5.92 Å². The van der Waals surface area contributed by atoms with E-state index in [1.54, 1.807) is 0 Å². The van der Waals surface area contributed by atoms with Gasteiger partial charge >= 0.3 is 0 Å². The monoisotopic (exact) mass is 287 g/mol. The van der Waals surface area contributed by atoms with Crippen molar-refractivity contribution < 1.29 is 0 Å². The minimum absolute atomic E-state index is 0.266. The Hall–Kier alpha value is -2.12. The maximum absolute atomic E-state index is 2.36. The summed E-state index contributed by atoms with van der Waals surface area (Å²) in [5.74, 6) is 0.648. The molecule has 0 saturated heterocycles. The Balaban J connectivity index is 1.63. The summed E-state index contributed by atoms with van der Waals surface area (Å²) >= 11 is 0. The highest BCUT2D eigenvalue weighted by Gasteiger charge is 2.56. The molecule has 0 radical (unpaired) electrons. The maximum Gasteiger partial charge on any atom is 0.0464 e. The van der Waals surface area contributed by atoms with Crippen LogP contribution in [0, 0.1) is 5.92 Å². The predicted molar refractivity (Wildman–Crippen MR) is 93.5 cm³/mol. The molecule has 2 aromatic carbocycles. The van der Waals surface area contributed by atoms with Gasteiger partial charge in [-0.2, -0.15) is 0 Å². The van der Waals surface area contributed by atoms with Gasteiger partial charge in [-0.1, -0.05) is 72.8 Å². The molecule has 1 heteroatoms. The Bertz CT molecular complexity index is 737. The van der Waals surface area contributed by atoms with E-state index >= 15 is 0 Å². The third-order valence-corrected chi connectivity index (χ3v) is 5.17. The first-order chi connectivity index (χ1) is 10.7. The van der Waals surface area contributed by atoms with Crippen LogP contribution >= 0.6 is 0 Å². The highest BCUT2D eigenvalue weighted by atomic mass is 15.2. The van der Waals surface area contributed by atoms with E-state index in [4.69, 9.17) is 0 Å². The molecule has 2 aromatic rings. The van der Waals surface area contributed by atoms with Crippen molar-refractivity contribution in [3.8, 4) is 11.1 Å². The van der Waals surface area contributed by atoms with Gasteiger partial charge in [-0.05, 0) is 42.8 Å². The van der Waals surface area contributed by atoms with Crippen molar-refractivity contribution in [1.82, 2.24) is 4.90 Å². The van der Waals surface area contributed by atoms with E-state index in [-0.39, 0.29) is 5.54 Å². The molecular formula is C21H21N. The molecule has 0 spiro atoms. The average Bonchev–Trinajstić information content (AvgIpc) is 3.32. The van der Waals surface area contributed by atoms with Gasteiger partial charge in [-0.25, -0.2) is 0 Å². The van der Waals surface area contributed by atoms with Crippen LogP contribution in [0.1, 0.15) is 12.0 Å². The second-order valence-corrected chi connectivity index (χ2v) is 6.57. The zero-order chi connectivity index (χ0) is 15.2. The first-order valence-electron chi connectivity index (χ1n) is 7.93. The van der Waals surface area contributed by atoms with Gasteiger partial charge in [-0.3, -0.25) is 4.90 Å². The van der Waals surface area contributed by atoms with Gasteiger partial charge in [0.15, 0.2) is 0 Å². The van der Waals surface area contributed by atoms with Crippen molar-refractivity contribution >= 4 is 5.57 Å². The second kappa shape index (κ2) is 4.96. The van der Waals surface area contributed by atoms with Gasteiger partial charge in [0.05, 0.1) is 0 Å². The Morgan fingerprint density at radius 2 is 1.50 bits per heavy atom. The molecule has 4 rings (SSSR count). The lowest BCUT2D eigenvalue weighted by atomic mass is 9.92. The van der Waals surface area contributed by atoms with E-state index in [0.717, 1.165) is 0 Å². The molecule has 2 unspecified atom stereocenters. The molecule has 2 atom stereocenters. The summed E-state index contributed by atoms with van der Waals surface area (Å²) in [6.45, 7) is 0. The van der Waals surface area contributed by atoms with Crippen LogP contribution in [0.15, 0.2) is 72.8 Å². The topological polar surface area (TPSA) is 3.24 Å². The summed E-state index contributed by atoms with van der Waals surface area (Å²) in [7, 11) is 4.37. The lowest BCUT2D eigenvalue weighted by molar-refractivity contribution is 0.313. The summed E-state index contributed by atoms with van der Waals surface area (Å²) < 4.78 is 0. The normalized spacial score (nSPS) is 25.8. The maximum atomic E-state index is 2.36. The fraction of sp³-hybridized carbons (Fsp3) is 0.238. The van der Waals surface area contributed by atoms with E-state index in [2.05, 4.69) is 91.8 Å². The summed E-state index contributed by atoms with van der Waals surface area (Å²) in [5, 5.41) is 0. The number of nitrogens with zero attached hydrogens (tertiary/aromatic N) is 1. The van der Waals surface area contributed by atoms with E-state index in [1.807, 2.05) is 0 Å². The van der Waals surface area contributed by atoms with Crippen molar-refractivity contribution in [2.45, 2.75) is 12.0 Å². The van der Waals surface area contributed by atoms with E-state index < -0.39 is 0 Å². The molecule has 1 saturated carbocycles. The molecule has 110 valence electrons. The first kappa shape index (κ1) is 13.5. The standard InChI is InChI=1S/C21H21N/c1-22(2)21-14-6-9-19(20(21)15-21)18-12-10-17(11-13-18)16-7-4-3-5-8-16/h3-14,20H,15H2,1-2H3. The Kier molecular flexibility index (Phi) is 3.05. The molecule has 22 heavy (non-hydrogen) atoms. The molecule has 0 aromatic heterocycles. The quantitative estimate of drug-likeness (QED) is 0.795. The minimum Gasteiger partial charge on any atom is -0.300 e. The van der Waals surface area contributed by atoms with Crippen LogP contribution in [-0.4, -0.2) is 24.5 Å². The number of fused-ring (bicyclic) bond motifs is 1. The molecule has 2 aliphatic rings. The zero-order valence-electron chi connectivity index (χ0n) is 13.2. The number of benzene rings is 2. The Morgan fingerprint density at radius 1 is 0.864 bits per heavy atom. The lowest BCUT2D eigenvalue weighted by Crippen LogP contribution is -2.31. The Labute approximate surface area is 132 Å². The molecule has 1 fully saturated rings. The van der Waals surface area contributed by atoms with Gasteiger partial charge in [0.25, 0.3) is 0 Å². The summed E-state index contributed by atoms with van der Waals surface area (Å²) in [5.41, 5.74) is 5.67. The summed E-state index contributed by atoms with van der Waals surface area (Å²) in [4.78, 5) is 2.36. The SMILES string of the molecule is CN(C)C12C=CC=C(c3ccc(-c4ccccc4)cc3)C1C2. The van der Waals surface area contributed by atoms with Crippen LogP contribution < -0.4 is 0 Å². The molecule has 0 amide bonds. The average molecular weight is 287 g/mol. The summed E-state index contributed by atoms with van der Waals surface area (Å²) in [6, 6.07) is 19.6. The second-order valence-electron chi connectivity index (χ2n) is 6.57. The highest BCUT2D eigenvalue weighted by Crippen LogP contribution is 2.57. The summed E-state index contributed by atoms with van der Waals surface area (Å²) in [6.07, 6.45) is 8.11. The third kappa shape index (κ3) is 2.05. The molecule has 0 heterocycles. The van der Waals surface area contributed by atoms with Crippen LogP contribution in [0.5, 0.6) is 0 Å². The number of likely N-dealkylation sites (N-methyl/N-ethyl adjacent to an activating group) is 1. The van der Waals surface area contributed by atoms with Gasteiger partial charge in [0.2, 0.25) is 0 Å². The number of rotatable bonds is 3. The smallest absolute Gasteiger partial charge is 0.0464 e. The minimum atomic E-state index is 0.266. The Morgan fingerprint density at radius 3 is 2.18 bits per heavy atom. The fourth-order valence-corrected chi connectivity index (χ4v) is 3.69. The molecule has 0 N–H and O–H groups in total. The van der Waals surface area contributed by atoms with Crippen LogP contribution in [-0.2, 0) is 0 Å². The predicted octanol–water partition coefficient (Wildman–Crippen LogP) is 4.63. The van der Waals surface area contributed by atoms with Crippen molar-refractivity contribution in [2.75, 3.05) is 14.1 Å². The lowest BCUT2D eigenvalue weighted by Gasteiger charge is -2.25. The van der Waals surface area contributed by atoms with E-state index in [9.17, 15) is 0 Å². The van der Waals surface area contributed by atoms with Crippen LogP contribution in [0.2, 0.25) is 0 Å². The molecule has 0 bridgehead atoms. The van der Waals surface area contributed by atoms with Gasteiger partial charge in [0.1, 0.15) is 0 Å². The molecule has 1 nitrogen and oxygen atoms in total. The first-order valence-corrected chi connectivity index (χ1v) is 7.93. The van der Waals surface area contributed by atoms with Crippen LogP contribution in [0.3, 0.4) is 0 Å². The molecular weight excluding hydrogens is 266 g/mol. The van der Waals surface area contributed by atoms with Crippen molar-refractivity contribution in [2.24, 2.45) is 5.92 Å². The van der Waals surface area contributed by atoms with Gasteiger partial charge < -0.3 is 0 Å². The van der Waals surface area contributed by atoms with Crippen molar-refractivity contribution in [1.29, 1.82) is 0 Å². The van der Waals surface area contributed by atoms with Gasteiger partial charge in [0, 0.05) is 11.5 Å². The van der Waals surface area contributed by atoms with Crippen molar-refractivity contribution in [3.63, 3.8) is 0 Å². The molecule has 0 aliphatic heterocycles. The molecule has 2 aliphatic carbocycles. The number of allylic oxidation sites excluding steroid dienone is 2. The number of hydrogen-bond donors (Lipinski definition) is 0. The third-order valence-electron chi connectivity index (χ3n) is 5.17. The van der Waals surface area contributed by atoms with Crippen LogP contribution in [0.25, 0.3) is 16.7 Å². The highest BCUT2D eigenvalue weighted by molar-refractivity contribution is 5.77. The fourth-order valence-electron chi connectivity index (χ4n) is 3.69. The largest absolute Gasteiger partial charge is 0.300 e. The zero-order valence-corrected chi connectivity index (χ0v) is 13.2. The van der Waals surface area contributed by atoms with Crippen molar-refractivity contribution in [3.05, 3.63) is 78.4 Å². The number of hydrogen-bond acceptors (Lipinski definition) is 1. The van der Waals surface area contributed by atoms with E-state index in [1.165, 1.54) is 28.7 Å². The van der Waals surface area contributed by atoms with Gasteiger partial charge in [-0.15, -0.1) is 0 Å².